The molecule has 1 aliphatic heterocycles. The second kappa shape index (κ2) is 7.08. The highest BCUT2D eigenvalue weighted by Crippen LogP contribution is 2.30. The summed E-state index contributed by atoms with van der Waals surface area (Å²) in [4.78, 5) is 0. The van der Waals surface area contributed by atoms with Gasteiger partial charge in [0.2, 0.25) is 0 Å². The number of hydrogen-bond acceptors (Lipinski definition) is 1. The van der Waals surface area contributed by atoms with Gasteiger partial charge in [0.1, 0.15) is 0 Å². The SMILES string of the molecule is CCC1(Cc2ccccc2)[N]CCOC1Cc1ccccc1. The Morgan fingerprint density at radius 2 is 1.64 bits per heavy atom. The predicted octanol–water partition coefficient (Wildman–Crippen LogP) is 3.62. The van der Waals surface area contributed by atoms with Gasteiger partial charge in [0.05, 0.1) is 18.2 Å². The van der Waals surface area contributed by atoms with Gasteiger partial charge in [0, 0.05) is 13.0 Å². The Hall–Kier alpha value is -1.64. The molecule has 0 aromatic heterocycles. The molecule has 1 saturated heterocycles. The minimum atomic E-state index is -0.102. The van der Waals surface area contributed by atoms with E-state index in [9.17, 15) is 0 Å². The number of benzene rings is 2. The first kappa shape index (κ1) is 15.3. The van der Waals surface area contributed by atoms with E-state index in [0.717, 1.165) is 32.4 Å². The van der Waals surface area contributed by atoms with E-state index in [1.165, 1.54) is 11.1 Å². The predicted molar refractivity (Wildman–Crippen MR) is 90.1 cm³/mol. The molecule has 0 aliphatic carbocycles. The maximum Gasteiger partial charge on any atom is 0.0816 e. The average molecular weight is 294 g/mol. The lowest BCUT2D eigenvalue weighted by molar-refractivity contribution is -0.0542. The van der Waals surface area contributed by atoms with Crippen molar-refractivity contribution in [3.05, 3.63) is 71.8 Å². The van der Waals surface area contributed by atoms with E-state index in [1.54, 1.807) is 0 Å². The van der Waals surface area contributed by atoms with Gasteiger partial charge in [-0.1, -0.05) is 67.6 Å². The van der Waals surface area contributed by atoms with Crippen molar-refractivity contribution >= 4 is 0 Å². The molecule has 2 atom stereocenters. The minimum absolute atomic E-state index is 0.102. The van der Waals surface area contributed by atoms with Crippen LogP contribution in [-0.2, 0) is 17.6 Å². The first-order valence-corrected chi connectivity index (χ1v) is 8.20. The minimum Gasteiger partial charge on any atom is -0.374 e. The van der Waals surface area contributed by atoms with Crippen LogP contribution in [-0.4, -0.2) is 24.8 Å². The van der Waals surface area contributed by atoms with Crippen molar-refractivity contribution < 1.29 is 4.74 Å². The van der Waals surface area contributed by atoms with Crippen LogP contribution in [0.15, 0.2) is 60.7 Å². The molecule has 1 heterocycles. The van der Waals surface area contributed by atoms with Gasteiger partial charge in [-0.25, -0.2) is 5.32 Å². The van der Waals surface area contributed by atoms with Crippen LogP contribution in [0, 0.1) is 0 Å². The molecule has 0 amide bonds. The summed E-state index contributed by atoms with van der Waals surface area (Å²) in [7, 11) is 0. The topological polar surface area (TPSA) is 23.3 Å². The maximum absolute atomic E-state index is 6.17. The maximum atomic E-state index is 6.17. The van der Waals surface area contributed by atoms with E-state index in [-0.39, 0.29) is 11.6 Å². The van der Waals surface area contributed by atoms with Crippen LogP contribution < -0.4 is 5.32 Å². The summed E-state index contributed by atoms with van der Waals surface area (Å²) in [6, 6.07) is 21.3. The van der Waals surface area contributed by atoms with Crippen LogP contribution in [0.4, 0.5) is 0 Å². The second-order valence-corrected chi connectivity index (χ2v) is 6.05. The summed E-state index contributed by atoms with van der Waals surface area (Å²) in [5.41, 5.74) is 2.57. The Kier molecular flexibility index (Phi) is 4.91. The monoisotopic (exact) mass is 294 g/mol. The van der Waals surface area contributed by atoms with E-state index >= 15 is 0 Å². The van der Waals surface area contributed by atoms with E-state index < -0.39 is 0 Å². The number of ether oxygens (including phenoxy) is 1. The van der Waals surface area contributed by atoms with E-state index in [2.05, 4.69) is 67.6 Å². The Balaban J connectivity index is 1.82. The lowest BCUT2D eigenvalue weighted by Crippen LogP contribution is -2.58. The Labute approximate surface area is 133 Å². The van der Waals surface area contributed by atoms with Crippen molar-refractivity contribution in [3.63, 3.8) is 0 Å². The quantitative estimate of drug-likeness (QED) is 0.826. The van der Waals surface area contributed by atoms with Crippen molar-refractivity contribution in [2.75, 3.05) is 13.2 Å². The van der Waals surface area contributed by atoms with Gasteiger partial charge in [0.15, 0.2) is 0 Å². The lowest BCUT2D eigenvalue weighted by atomic mass is 9.79. The molecule has 1 fully saturated rings. The molecule has 22 heavy (non-hydrogen) atoms. The normalized spacial score (nSPS) is 25.0. The fourth-order valence-electron chi connectivity index (χ4n) is 3.38. The summed E-state index contributed by atoms with van der Waals surface area (Å²) < 4.78 is 6.17. The van der Waals surface area contributed by atoms with Gasteiger partial charge in [-0.05, 0) is 24.0 Å². The molecular weight excluding hydrogens is 270 g/mol. The zero-order valence-corrected chi connectivity index (χ0v) is 13.2. The molecule has 3 rings (SSSR count). The van der Waals surface area contributed by atoms with Crippen molar-refractivity contribution in [1.29, 1.82) is 0 Å². The van der Waals surface area contributed by atoms with Crippen LogP contribution in [0.25, 0.3) is 0 Å². The Morgan fingerprint density at radius 1 is 1.00 bits per heavy atom. The largest absolute Gasteiger partial charge is 0.374 e. The van der Waals surface area contributed by atoms with Crippen LogP contribution >= 0.6 is 0 Å². The van der Waals surface area contributed by atoms with Gasteiger partial charge < -0.3 is 4.74 Å². The molecule has 2 heteroatoms. The Morgan fingerprint density at radius 3 is 2.27 bits per heavy atom. The molecule has 0 saturated carbocycles. The van der Waals surface area contributed by atoms with Crippen molar-refractivity contribution in [2.45, 2.75) is 37.8 Å². The van der Waals surface area contributed by atoms with Gasteiger partial charge in [0.25, 0.3) is 0 Å². The zero-order chi connectivity index (χ0) is 15.3. The highest BCUT2D eigenvalue weighted by molar-refractivity contribution is 5.22. The Bertz CT molecular complexity index is 569. The third kappa shape index (κ3) is 3.40. The number of nitrogens with zero attached hydrogens (tertiary/aromatic N) is 1. The fraction of sp³-hybridized carbons (Fsp3) is 0.400. The highest BCUT2D eigenvalue weighted by Gasteiger charge is 2.41. The third-order valence-electron chi connectivity index (χ3n) is 4.67. The number of hydrogen-bond donors (Lipinski definition) is 0. The van der Waals surface area contributed by atoms with Crippen LogP contribution in [0.3, 0.4) is 0 Å². The van der Waals surface area contributed by atoms with Gasteiger partial charge in [-0.2, -0.15) is 0 Å². The van der Waals surface area contributed by atoms with Crippen LogP contribution in [0.2, 0.25) is 0 Å². The average Bonchev–Trinajstić information content (AvgIpc) is 2.58. The fourth-order valence-corrected chi connectivity index (χ4v) is 3.38. The molecule has 2 nitrogen and oxygen atoms in total. The molecule has 0 spiro atoms. The highest BCUT2D eigenvalue weighted by atomic mass is 16.5. The number of morpholine rings is 1. The molecule has 2 unspecified atom stereocenters. The first-order valence-electron chi connectivity index (χ1n) is 8.20. The summed E-state index contributed by atoms with van der Waals surface area (Å²) in [6.07, 6.45) is 3.07. The summed E-state index contributed by atoms with van der Waals surface area (Å²) in [5.74, 6) is 0. The molecule has 1 aliphatic rings. The van der Waals surface area contributed by atoms with Crippen molar-refractivity contribution in [1.82, 2.24) is 5.32 Å². The first-order chi connectivity index (χ1) is 10.8. The number of rotatable bonds is 5. The van der Waals surface area contributed by atoms with Crippen LogP contribution in [0.5, 0.6) is 0 Å². The molecule has 0 bridgehead atoms. The van der Waals surface area contributed by atoms with Crippen molar-refractivity contribution in [3.8, 4) is 0 Å². The summed E-state index contributed by atoms with van der Waals surface area (Å²) in [5, 5.41) is 5.03. The molecule has 115 valence electrons. The second-order valence-electron chi connectivity index (χ2n) is 6.05. The molecule has 0 N–H and O–H groups in total. The van der Waals surface area contributed by atoms with E-state index in [4.69, 9.17) is 10.1 Å². The van der Waals surface area contributed by atoms with Crippen molar-refractivity contribution in [2.24, 2.45) is 0 Å². The molecule has 2 aromatic carbocycles. The lowest BCUT2D eigenvalue weighted by Gasteiger charge is -2.43. The third-order valence-corrected chi connectivity index (χ3v) is 4.67. The van der Waals surface area contributed by atoms with Gasteiger partial charge in [-0.3, -0.25) is 0 Å². The smallest absolute Gasteiger partial charge is 0.0816 e. The molecular formula is C20H24NO. The van der Waals surface area contributed by atoms with E-state index in [1.807, 2.05) is 0 Å². The molecule has 1 radical (unpaired) electrons. The zero-order valence-electron chi connectivity index (χ0n) is 13.2. The van der Waals surface area contributed by atoms with Crippen LogP contribution in [0.1, 0.15) is 24.5 Å². The molecule has 2 aromatic rings. The summed E-state index contributed by atoms with van der Waals surface area (Å²) in [6.45, 7) is 3.79. The van der Waals surface area contributed by atoms with Gasteiger partial charge >= 0.3 is 0 Å². The van der Waals surface area contributed by atoms with Gasteiger partial charge in [-0.15, -0.1) is 0 Å². The standard InChI is InChI=1S/C20H24NO/c1-2-20(16-18-11-7-4-8-12-18)19(22-14-13-21-20)15-17-9-5-3-6-10-17/h3-12,19H,2,13-16H2,1H3. The van der Waals surface area contributed by atoms with E-state index in [0.29, 0.717) is 0 Å². The summed E-state index contributed by atoms with van der Waals surface area (Å²) >= 11 is 0.